The molecule has 2 atom stereocenters. The van der Waals surface area contributed by atoms with Gasteiger partial charge in [-0.25, -0.2) is 0 Å². The van der Waals surface area contributed by atoms with Gasteiger partial charge in [0.1, 0.15) is 0 Å². The number of likely N-dealkylation sites (N-methyl/N-ethyl adjacent to an activating group) is 1. The topological polar surface area (TPSA) is 18.5 Å². The van der Waals surface area contributed by atoms with Crippen molar-refractivity contribution in [1.29, 1.82) is 0 Å². The van der Waals surface area contributed by atoms with Crippen molar-refractivity contribution in [3.63, 3.8) is 0 Å². The molecule has 20 heavy (non-hydrogen) atoms. The number of anilines is 1. The predicted octanol–water partition coefficient (Wildman–Crippen LogP) is 2.25. The zero-order valence-corrected chi connectivity index (χ0v) is 13.0. The molecule has 2 unspecified atom stereocenters. The number of benzene rings is 1. The fourth-order valence-electron chi connectivity index (χ4n) is 3.47. The summed E-state index contributed by atoms with van der Waals surface area (Å²) < 4.78 is 0. The third-order valence-corrected chi connectivity index (χ3v) is 5.07. The molecule has 110 valence electrons. The number of nitrogens with zero attached hydrogens (tertiary/aromatic N) is 2. The largest absolute Gasteiger partial charge is 0.374 e. The van der Waals surface area contributed by atoms with Crippen LogP contribution in [0.25, 0.3) is 0 Å². The van der Waals surface area contributed by atoms with Crippen LogP contribution in [0.2, 0.25) is 0 Å². The molecule has 1 aromatic rings. The van der Waals surface area contributed by atoms with Crippen LogP contribution in [-0.2, 0) is 13.0 Å². The minimum atomic E-state index is 0.678. The van der Waals surface area contributed by atoms with Crippen molar-refractivity contribution in [3.8, 4) is 0 Å². The first-order chi connectivity index (χ1) is 9.63. The van der Waals surface area contributed by atoms with E-state index in [9.17, 15) is 0 Å². The monoisotopic (exact) mass is 273 g/mol. The van der Waals surface area contributed by atoms with E-state index >= 15 is 0 Å². The molecule has 3 nitrogen and oxygen atoms in total. The molecule has 0 bridgehead atoms. The van der Waals surface area contributed by atoms with Crippen molar-refractivity contribution < 1.29 is 0 Å². The van der Waals surface area contributed by atoms with Gasteiger partial charge in [0.15, 0.2) is 0 Å². The van der Waals surface area contributed by atoms with E-state index in [2.05, 4.69) is 54.3 Å². The average molecular weight is 273 g/mol. The Morgan fingerprint density at radius 3 is 2.90 bits per heavy atom. The Bertz CT molecular complexity index is 471. The SMILES string of the molecule is CC1CC(NCc2ccc3c(c2)CCN3C)CCN1C. The molecule has 0 aromatic heterocycles. The van der Waals surface area contributed by atoms with Gasteiger partial charge in [-0.15, -0.1) is 0 Å². The van der Waals surface area contributed by atoms with Crippen LogP contribution < -0.4 is 10.2 Å². The molecule has 0 radical (unpaired) electrons. The van der Waals surface area contributed by atoms with Gasteiger partial charge in [0.25, 0.3) is 0 Å². The van der Waals surface area contributed by atoms with E-state index in [1.807, 2.05) is 0 Å². The lowest BCUT2D eigenvalue weighted by atomic mass is 9.98. The minimum Gasteiger partial charge on any atom is -0.374 e. The smallest absolute Gasteiger partial charge is 0.0397 e. The lowest BCUT2D eigenvalue weighted by Gasteiger charge is -2.35. The van der Waals surface area contributed by atoms with Gasteiger partial charge in [0.05, 0.1) is 0 Å². The van der Waals surface area contributed by atoms with Gasteiger partial charge in [-0.2, -0.15) is 0 Å². The first-order valence-electron chi connectivity index (χ1n) is 7.90. The molecular formula is C17H27N3. The molecule has 1 N–H and O–H groups in total. The lowest BCUT2D eigenvalue weighted by Crippen LogP contribution is -2.45. The fraction of sp³-hybridized carbons (Fsp3) is 0.647. The normalized spacial score (nSPS) is 26.9. The van der Waals surface area contributed by atoms with Crippen molar-refractivity contribution in [3.05, 3.63) is 29.3 Å². The zero-order chi connectivity index (χ0) is 14.1. The molecule has 3 rings (SSSR count). The summed E-state index contributed by atoms with van der Waals surface area (Å²) in [6, 6.07) is 8.35. The van der Waals surface area contributed by atoms with E-state index in [0.717, 1.165) is 6.54 Å². The Balaban J connectivity index is 1.57. The maximum atomic E-state index is 3.75. The maximum absolute atomic E-state index is 3.75. The summed E-state index contributed by atoms with van der Waals surface area (Å²) in [6.07, 6.45) is 3.74. The third-order valence-electron chi connectivity index (χ3n) is 5.07. The highest BCUT2D eigenvalue weighted by Crippen LogP contribution is 2.27. The van der Waals surface area contributed by atoms with Crippen molar-refractivity contribution in [2.45, 2.75) is 44.8 Å². The van der Waals surface area contributed by atoms with Gasteiger partial charge in [-0.05, 0) is 57.0 Å². The standard InChI is InChI=1S/C17H27N3/c1-13-10-16(7-9-19(13)2)18-12-14-4-5-17-15(11-14)6-8-20(17)3/h4-5,11,13,16,18H,6-10,12H2,1-3H3. The van der Waals surface area contributed by atoms with Gasteiger partial charge in [-0.1, -0.05) is 12.1 Å². The summed E-state index contributed by atoms with van der Waals surface area (Å²) in [6.45, 7) is 5.73. The first kappa shape index (κ1) is 13.9. The molecule has 1 fully saturated rings. The number of piperidine rings is 1. The Hall–Kier alpha value is -1.06. The number of nitrogens with one attached hydrogen (secondary N) is 1. The molecule has 0 saturated carbocycles. The second-order valence-corrected chi connectivity index (χ2v) is 6.57. The van der Waals surface area contributed by atoms with E-state index in [1.54, 1.807) is 0 Å². The van der Waals surface area contributed by atoms with Crippen molar-refractivity contribution >= 4 is 5.69 Å². The zero-order valence-electron chi connectivity index (χ0n) is 13.0. The molecule has 1 aromatic carbocycles. The Kier molecular flexibility index (Phi) is 3.99. The number of hydrogen-bond donors (Lipinski definition) is 1. The minimum absolute atomic E-state index is 0.678. The Morgan fingerprint density at radius 2 is 2.10 bits per heavy atom. The molecular weight excluding hydrogens is 246 g/mol. The molecule has 0 amide bonds. The van der Waals surface area contributed by atoms with Gasteiger partial charge < -0.3 is 15.1 Å². The molecule has 1 saturated heterocycles. The predicted molar refractivity (Wildman–Crippen MR) is 85.4 cm³/mol. The van der Waals surface area contributed by atoms with Crippen molar-refractivity contribution in [2.75, 3.05) is 32.1 Å². The quantitative estimate of drug-likeness (QED) is 0.911. The summed E-state index contributed by atoms with van der Waals surface area (Å²) in [5, 5.41) is 3.75. The molecule has 0 aliphatic carbocycles. The second-order valence-electron chi connectivity index (χ2n) is 6.57. The first-order valence-corrected chi connectivity index (χ1v) is 7.90. The van der Waals surface area contributed by atoms with Crippen LogP contribution in [0.15, 0.2) is 18.2 Å². The highest BCUT2D eigenvalue weighted by molar-refractivity contribution is 5.58. The van der Waals surface area contributed by atoms with Gasteiger partial charge in [0.2, 0.25) is 0 Å². The molecule has 2 aliphatic heterocycles. The van der Waals surface area contributed by atoms with Crippen LogP contribution in [0.5, 0.6) is 0 Å². The van der Waals surface area contributed by atoms with E-state index in [4.69, 9.17) is 0 Å². The molecule has 2 aliphatic rings. The van der Waals surface area contributed by atoms with Gasteiger partial charge >= 0.3 is 0 Å². The average Bonchev–Trinajstić information content (AvgIpc) is 2.81. The highest BCUT2D eigenvalue weighted by atomic mass is 15.1. The van der Waals surface area contributed by atoms with Crippen LogP contribution in [-0.4, -0.2) is 44.2 Å². The van der Waals surface area contributed by atoms with Crippen LogP contribution in [0.3, 0.4) is 0 Å². The van der Waals surface area contributed by atoms with Crippen LogP contribution in [0, 0.1) is 0 Å². The summed E-state index contributed by atoms with van der Waals surface area (Å²) in [5.74, 6) is 0. The van der Waals surface area contributed by atoms with Crippen LogP contribution in [0.1, 0.15) is 30.9 Å². The Morgan fingerprint density at radius 1 is 1.25 bits per heavy atom. The molecule has 2 heterocycles. The molecule has 0 spiro atoms. The number of likely N-dealkylation sites (tertiary alicyclic amines) is 1. The van der Waals surface area contributed by atoms with E-state index in [1.165, 1.54) is 49.2 Å². The second kappa shape index (κ2) is 5.74. The Labute approximate surface area is 123 Å². The lowest BCUT2D eigenvalue weighted by molar-refractivity contribution is 0.168. The third kappa shape index (κ3) is 2.84. The summed E-state index contributed by atoms with van der Waals surface area (Å²) in [5.41, 5.74) is 4.37. The van der Waals surface area contributed by atoms with Crippen LogP contribution in [0.4, 0.5) is 5.69 Å². The van der Waals surface area contributed by atoms with E-state index in [0.29, 0.717) is 12.1 Å². The number of fused-ring (bicyclic) bond motifs is 1. The maximum Gasteiger partial charge on any atom is 0.0397 e. The van der Waals surface area contributed by atoms with Crippen LogP contribution >= 0.6 is 0 Å². The van der Waals surface area contributed by atoms with E-state index < -0.39 is 0 Å². The summed E-state index contributed by atoms with van der Waals surface area (Å²) in [7, 11) is 4.42. The molecule has 3 heteroatoms. The van der Waals surface area contributed by atoms with Gasteiger partial charge in [0, 0.05) is 37.9 Å². The van der Waals surface area contributed by atoms with Gasteiger partial charge in [-0.3, -0.25) is 0 Å². The highest BCUT2D eigenvalue weighted by Gasteiger charge is 2.22. The fourth-order valence-corrected chi connectivity index (χ4v) is 3.47. The summed E-state index contributed by atoms with van der Waals surface area (Å²) >= 11 is 0. The van der Waals surface area contributed by atoms with Crippen molar-refractivity contribution in [1.82, 2.24) is 10.2 Å². The van der Waals surface area contributed by atoms with Crippen molar-refractivity contribution in [2.24, 2.45) is 0 Å². The number of rotatable bonds is 3. The number of hydrogen-bond acceptors (Lipinski definition) is 3. The summed E-state index contributed by atoms with van der Waals surface area (Å²) in [4.78, 5) is 4.81. The van der Waals surface area contributed by atoms with E-state index in [-0.39, 0.29) is 0 Å².